The number of aromatic nitrogens is 2. The van der Waals surface area contributed by atoms with E-state index < -0.39 is 0 Å². The van der Waals surface area contributed by atoms with Crippen LogP contribution in [-0.4, -0.2) is 48.0 Å². The van der Waals surface area contributed by atoms with Crippen LogP contribution in [0.1, 0.15) is 16.7 Å². The van der Waals surface area contributed by atoms with Crippen molar-refractivity contribution in [1.82, 2.24) is 10.2 Å². The van der Waals surface area contributed by atoms with Crippen LogP contribution < -0.4 is 15.1 Å². The number of amides is 1. The molecule has 1 fully saturated rings. The first-order valence-corrected chi connectivity index (χ1v) is 12.0. The van der Waals surface area contributed by atoms with Crippen molar-refractivity contribution < 1.29 is 9.18 Å². The highest BCUT2D eigenvalue weighted by Crippen LogP contribution is 2.24. The molecule has 0 unspecified atom stereocenters. The van der Waals surface area contributed by atoms with Crippen LogP contribution in [0.5, 0.6) is 0 Å². The number of benzene rings is 2. The minimum absolute atomic E-state index is 0.0576. The lowest BCUT2D eigenvalue weighted by molar-refractivity contribution is -0.113. The van der Waals surface area contributed by atoms with Crippen molar-refractivity contribution in [2.75, 3.05) is 47.0 Å². The van der Waals surface area contributed by atoms with E-state index in [1.807, 2.05) is 38.1 Å². The van der Waals surface area contributed by atoms with Crippen molar-refractivity contribution in [2.45, 2.75) is 25.8 Å². The number of carbonyl (C=O) groups is 1. The molecular weight excluding hydrogens is 437 g/mol. The van der Waals surface area contributed by atoms with Gasteiger partial charge < -0.3 is 15.1 Å². The Labute approximate surface area is 198 Å². The van der Waals surface area contributed by atoms with Gasteiger partial charge in [-0.25, -0.2) is 4.39 Å². The third-order valence-corrected chi connectivity index (χ3v) is 6.63. The van der Waals surface area contributed by atoms with Crippen molar-refractivity contribution in [3.63, 3.8) is 0 Å². The Morgan fingerprint density at radius 2 is 1.58 bits per heavy atom. The molecule has 2 aromatic carbocycles. The number of rotatable bonds is 6. The van der Waals surface area contributed by atoms with Crippen molar-refractivity contribution in [3.8, 4) is 0 Å². The largest absolute Gasteiger partial charge is 0.368 e. The molecule has 1 aliphatic rings. The normalized spacial score (nSPS) is 13.8. The molecule has 1 aromatic heterocycles. The number of halogens is 1. The number of piperazine rings is 1. The van der Waals surface area contributed by atoms with E-state index in [1.54, 1.807) is 0 Å². The number of nitrogens with one attached hydrogen (secondary N) is 1. The Bertz CT molecular complexity index is 1090. The Morgan fingerprint density at radius 3 is 2.18 bits per heavy atom. The summed E-state index contributed by atoms with van der Waals surface area (Å²) in [6.07, 6.45) is 0. The molecule has 33 heavy (non-hydrogen) atoms. The monoisotopic (exact) mass is 465 g/mol. The molecule has 1 amide bonds. The van der Waals surface area contributed by atoms with E-state index in [0.29, 0.717) is 0 Å². The maximum atomic E-state index is 13.1. The minimum atomic E-state index is -0.219. The van der Waals surface area contributed by atoms with Crippen LogP contribution in [0, 0.1) is 26.6 Å². The predicted octanol–water partition coefficient (Wildman–Crippen LogP) is 4.60. The molecule has 3 aromatic rings. The Hall–Kier alpha value is -3.13. The van der Waals surface area contributed by atoms with E-state index in [9.17, 15) is 9.18 Å². The standard InChI is InChI=1S/C25H28FN5OS/c1-17-14-18(2)25(19(3)15-17)27-23(32)16-33-24-9-8-22(28-29-24)31-12-10-30(11-13-31)21-6-4-20(26)5-7-21/h4-9,14-15H,10-13,16H2,1-3H3,(H,27,32). The lowest BCUT2D eigenvalue weighted by atomic mass is 10.1. The summed E-state index contributed by atoms with van der Waals surface area (Å²) in [4.78, 5) is 16.9. The van der Waals surface area contributed by atoms with Gasteiger partial charge in [-0.3, -0.25) is 4.79 Å². The van der Waals surface area contributed by atoms with Crippen LogP contribution in [0.2, 0.25) is 0 Å². The molecule has 6 nitrogen and oxygen atoms in total. The van der Waals surface area contributed by atoms with E-state index in [2.05, 4.69) is 44.4 Å². The van der Waals surface area contributed by atoms with E-state index in [1.165, 1.54) is 29.5 Å². The van der Waals surface area contributed by atoms with Crippen LogP contribution in [0.4, 0.5) is 21.6 Å². The van der Waals surface area contributed by atoms with Gasteiger partial charge >= 0.3 is 0 Å². The zero-order chi connectivity index (χ0) is 23.4. The number of hydrogen-bond acceptors (Lipinski definition) is 6. The molecule has 8 heteroatoms. The maximum absolute atomic E-state index is 13.1. The van der Waals surface area contributed by atoms with E-state index >= 15 is 0 Å². The molecule has 0 radical (unpaired) electrons. The van der Waals surface area contributed by atoms with E-state index in [-0.39, 0.29) is 17.5 Å². The summed E-state index contributed by atoms with van der Waals surface area (Å²) in [6, 6.07) is 14.6. The average molecular weight is 466 g/mol. The second kappa shape index (κ2) is 10.2. The maximum Gasteiger partial charge on any atom is 0.234 e. The highest BCUT2D eigenvalue weighted by Gasteiger charge is 2.19. The number of hydrogen-bond donors (Lipinski definition) is 1. The first-order chi connectivity index (χ1) is 15.9. The van der Waals surface area contributed by atoms with Gasteiger partial charge in [-0.15, -0.1) is 10.2 Å². The third-order valence-electron chi connectivity index (χ3n) is 5.71. The van der Waals surface area contributed by atoms with Crippen LogP contribution in [0.15, 0.2) is 53.6 Å². The fraction of sp³-hybridized carbons (Fsp3) is 0.320. The van der Waals surface area contributed by atoms with E-state index in [0.717, 1.165) is 59.5 Å². The fourth-order valence-corrected chi connectivity index (χ4v) is 4.71. The summed E-state index contributed by atoms with van der Waals surface area (Å²) in [5.41, 5.74) is 5.23. The molecule has 0 bridgehead atoms. The van der Waals surface area contributed by atoms with Crippen LogP contribution in [0.3, 0.4) is 0 Å². The average Bonchev–Trinajstić information content (AvgIpc) is 2.81. The van der Waals surface area contributed by atoms with Gasteiger partial charge in [0.05, 0.1) is 5.75 Å². The van der Waals surface area contributed by atoms with Gasteiger partial charge in [0.2, 0.25) is 5.91 Å². The summed E-state index contributed by atoms with van der Waals surface area (Å²) in [5.74, 6) is 0.826. The smallest absolute Gasteiger partial charge is 0.234 e. The molecule has 0 spiro atoms. The van der Waals surface area contributed by atoms with Crippen molar-refractivity contribution >= 4 is 34.9 Å². The molecule has 0 aliphatic carbocycles. The van der Waals surface area contributed by atoms with Crippen LogP contribution >= 0.6 is 11.8 Å². The van der Waals surface area contributed by atoms with Gasteiger partial charge in [0, 0.05) is 37.6 Å². The molecule has 1 N–H and O–H groups in total. The first kappa shape index (κ1) is 23.0. The van der Waals surface area contributed by atoms with Crippen LogP contribution in [0.25, 0.3) is 0 Å². The highest BCUT2D eigenvalue weighted by atomic mass is 32.2. The Kier molecular flexibility index (Phi) is 7.13. The zero-order valence-corrected chi connectivity index (χ0v) is 20.0. The number of thioether (sulfide) groups is 1. The molecule has 172 valence electrons. The first-order valence-electron chi connectivity index (χ1n) is 11.0. The summed E-state index contributed by atoms with van der Waals surface area (Å²) in [7, 11) is 0. The molecule has 1 aliphatic heterocycles. The summed E-state index contributed by atoms with van der Waals surface area (Å²) in [6.45, 7) is 9.37. The summed E-state index contributed by atoms with van der Waals surface area (Å²) < 4.78 is 13.1. The fourth-order valence-electron chi connectivity index (χ4n) is 4.10. The molecule has 4 rings (SSSR count). The molecular formula is C25H28FN5OS. The number of anilines is 3. The Morgan fingerprint density at radius 1 is 0.939 bits per heavy atom. The van der Waals surface area contributed by atoms with Crippen molar-refractivity contribution in [3.05, 3.63) is 71.0 Å². The van der Waals surface area contributed by atoms with Crippen molar-refractivity contribution in [2.24, 2.45) is 0 Å². The van der Waals surface area contributed by atoms with Gasteiger partial charge in [0.1, 0.15) is 10.8 Å². The summed E-state index contributed by atoms with van der Waals surface area (Å²) in [5, 5.41) is 12.4. The predicted molar refractivity (Wildman–Crippen MR) is 133 cm³/mol. The van der Waals surface area contributed by atoms with Gasteiger partial charge in [-0.1, -0.05) is 29.5 Å². The minimum Gasteiger partial charge on any atom is -0.368 e. The van der Waals surface area contributed by atoms with Gasteiger partial charge in [0.25, 0.3) is 0 Å². The SMILES string of the molecule is Cc1cc(C)c(NC(=O)CSc2ccc(N3CCN(c4ccc(F)cc4)CC3)nn2)c(C)c1. The molecule has 0 atom stereocenters. The molecule has 2 heterocycles. The third kappa shape index (κ3) is 5.82. The van der Waals surface area contributed by atoms with Gasteiger partial charge in [-0.05, 0) is 68.3 Å². The summed E-state index contributed by atoms with van der Waals surface area (Å²) >= 11 is 1.37. The van der Waals surface area contributed by atoms with Crippen molar-refractivity contribution in [1.29, 1.82) is 0 Å². The zero-order valence-electron chi connectivity index (χ0n) is 19.1. The number of aryl methyl sites for hydroxylation is 3. The lowest BCUT2D eigenvalue weighted by Crippen LogP contribution is -2.46. The second-order valence-electron chi connectivity index (χ2n) is 8.29. The molecule has 1 saturated heterocycles. The van der Waals surface area contributed by atoms with Gasteiger partial charge in [0.15, 0.2) is 5.82 Å². The topological polar surface area (TPSA) is 61.4 Å². The quantitative estimate of drug-likeness (QED) is 0.537. The number of nitrogens with zero attached hydrogens (tertiary/aromatic N) is 4. The van der Waals surface area contributed by atoms with Gasteiger partial charge in [-0.2, -0.15) is 0 Å². The number of carbonyl (C=O) groups excluding carboxylic acids is 1. The lowest BCUT2D eigenvalue weighted by Gasteiger charge is -2.36. The van der Waals surface area contributed by atoms with Crippen LogP contribution in [-0.2, 0) is 4.79 Å². The highest BCUT2D eigenvalue weighted by molar-refractivity contribution is 7.99. The molecule has 0 saturated carbocycles. The Balaban J connectivity index is 1.27. The second-order valence-corrected chi connectivity index (χ2v) is 9.29. The van der Waals surface area contributed by atoms with E-state index in [4.69, 9.17) is 0 Å².